The molecule has 0 radical (unpaired) electrons. The standard InChI is InChI=1S/C25H28O5/c1-14(2)5-7-16-13-17(8-11-20(16)26)24-23(29)22(28)19-10-12-21(27)18(25(19)30-24)9-6-15(3)4/h5-6,8,10-13,22,24,26-28H,7,9H2,1-4H3/t22?,24-/m1/s1. The Labute approximate surface area is 177 Å². The molecule has 1 aliphatic rings. The topological polar surface area (TPSA) is 87.0 Å². The fraction of sp³-hybridized carbons (Fsp3) is 0.320. The summed E-state index contributed by atoms with van der Waals surface area (Å²) >= 11 is 0. The summed E-state index contributed by atoms with van der Waals surface area (Å²) in [7, 11) is 0. The van der Waals surface area contributed by atoms with E-state index in [1.54, 1.807) is 12.1 Å². The number of rotatable bonds is 5. The molecule has 2 aromatic carbocycles. The number of carbonyl (C=O) groups excluding carboxylic acids is 1. The van der Waals surface area contributed by atoms with Crippen LogP contribution in [0.1, 0.15) is 62.2 Å². The molecule has 0 saturated carbocycles. The molecule has 0 amide bonds. The number of aliphatic hydroxyl groups excluding tert-OH is 1. The molecule has 2 aromatic rings. The molecule has 2 atom stereocenters. The van der Waals surface area contributed by atoms with Crippen molar-refractivity contribution >= 4 is 5.78 Å². The summed E-state index contributed by atoms with van der Waals surface area (Å²) in [5.74, 6) is 0.0626. The van der Waals surface area contributed by atoms with Crippen molar-refractivity contribution in [3.05, 3.63) is 75.9 Å². The fourth-order valence-corrected chi connectivity index (χ4v) is 3.44. The maximum Gasteiger partial charge on any atom is 0.210 e. The van der Waals surface area contributed by atoms with Crippen LogP contribution in [0.4, 0.5) is 0 Å². The second kappa shape index (κ2) is 8.76. The number of phenols is 2. The van der Waals surface area contributed by atoms with Crippen LogP contribution in [0.15, 0.2) is 53.6 Å². The quantitative estimate of drug-likeness (QED) is 0.616. The first-order valence-corrected chi connectivity index (χ1v) is 10.0. The Hall–Kier alpha value is -3.05. The number of aromatic hydroxyl groups is 2. The monoisotopic (exact) mass is 408 g/mol. The van der Waals surface area contributed by atoms with Crippen molar-refractivity contribution in [1.29, 1.82) is 0 Å². The first-order chi connectivity index (χ1) is 14.2. The Morgan fingerprint density at radius 1 is 0.967 bits per heavy atom. The maximum atomic E-state index is 12.9. The number of hydrogen-bond donors (Lipinski definition) is 3. The van der Waals surface area contributed by atoms with Gasteiger partial charge in [0.1, 0.15) is 23.4 Å². The van der Waals surface area contributed by atoms with Crippen LogP contribution in [0.25, 0.3) is 0 Å². The van der Waals surface area contributed by atoms with Gasteiger partial charge in [-0.1, -0.05) is 29.4 Å². The molecule has 158 valence electrons. The van der Waals surface area contributed by atoms with Gasteiger partial charge in [0.15, 0.2) is 6.10 Å². The third-order valence-electron chi connectivity index (χ3n) is 5.18. The Morgan fingerprint density at radius 3 is 2.27 bits per heavy atom. The van der Waals surface area contributed by atoms with E-state index in [0.717, 1.165) is 11.1 Å². The van der Waals surface area contributed by atoms with Gasteiger partial charge in [0.25, 0.3) is 0 Å². The number of benzene rings is 2. The molecule has 0 aromatic heterocycles. The molecule has 1 aliphatic heterocycles. The Balaban J connectivity index is 2.04. The Morgan fingerprint density at radius 2 is 1.60 bits per heavy atom. The van der Waals surface area contributed by atoms with Crippen LogP contribution in [-0.2, 0) is 17.6 Å². The lowest BCUT2D eigenvalue weighted by Crippen LogP contribution is -2.30. The highest BCUT2D eigenvalue weighted by Gasteiger charge is 2.38. The van der Waals surface area contributed by atoms with Gasteiger partial charge in [-0.25, -0.2) is 0 Å². The molecular formula is C25H28O5. The summed E-state index contributed by atoms with van der Waals surface area (Å²) in [6.45, 7) is 7.86. The first-order valence-electron chi connectivity index (χ1n) is 10.0. The summed E-state index contributed by atoms with van der Waals surface area (Å²) < 4.78 is 6.07. The molecule has 0 spiro atoms. The molecule has 5 heteroatoms. The summed E-state index contributed by atoms with van der Waals surface area (Å²) in [5, 5.41) is 31.2. The molecule has 3 rings (SSSR count). The average molecular weight is 408 g/mol. The smallest absolute Gasteiger partial charge is 0.210 e. The molecule has 5 nitrogen and oxygen atoms in total. The fourth-order valence-electron chi connectivity index (χ4n) is 3.44. The van der Waals surface area contributed by atoms with Crippen molar-refractivity contribution in [1.82, 2.24) is 0 Å². The lowest BCUT2D eigenvalue weighted by atomic mass is 9.90. The zero-order chi connectivity index (χ0) is 22.0. The van der Waals surface area contributed by atoms with Crippen molar-refractivity contribution in [2.24, 2.45) is 0 Å². The minimum Gasteiger partial charge on any atom is -0.508 e. The molecule has 1 heterocycles. The number of carbonyl (C=O) groups is 1. The second-order valence-corrected chi connectivity index (χ2v) is 8.14. The molecule has 1 unspecified atom stereocenters. The van der Waals surface area contributed by atoms with Gasteiger partial charge in [-0.05, 0) is 70.4 Å². The van der Waals surface area contributed by atoms with E-state index in [1.165, 1.54) is 18.2 Å². The van der Waals surface area contributed by atoms with Crippen molar-refractivity contribution in [2.45, 2.75) is 52.7 Å². The van der Waals surface area contributed by atoms with Gasteiger partial charge in [-0.3, -0.25) is 4.79 Å². The lowest BCUT2D eigenvalue weighted by Gasteiger charge is -2.30. The SMILES string of the molecule is CC(C)=CCc1cc([C@H]2Oc3c(ccc(O)c3CC=C(C)C)C(O)C2=O)ccc1O. The number of fused-ring (bicyclic) bond motifs is 1. The number of ketones is 1. The normalized spacial score (nSPS) is 17.7. The van der Waals surface area contributed by atoms with Crippen LogP contribution in [0.2, 0.25) is 0 Å². The van der Waals surface area contributed by atoms with Crippen LogP contribution < -0.4 is 4.74 Å². The predicted octanol–water partition coefficient (Wildman–Crippen LogP) is 4.85. The highest BCUT2D eigenvalue weighted by molar-refractivity contribution is 5.92. The van der Waals surface area contributed by atoms with Crippen molar-refractivity contribution in [2.75, 3.05) is 0 Å². The maximum absolute atomic E-state index is 12.9. The van der Waals surface area contributed by atoms with E-state index in [1.807, 2.05) is 39.8 Å². The predicted molar refractivity (Wildman–Crippen MR) is 116 cm³/mol. The van der Waals surface area contributed by atoms with Crippen LogP contribution in [0.3, 0.4) is 0 Å². The largest absolute Gasteiger partial charge is 0.508 e. The number of phenolic OH excluding ortho intramolecular Hbond substituents is 2. The Kier molecular flexibility index (Phi) is 6.32. The summed E-state index contributed by atoms with van der Waals surface area (Å²) in [5.41, 5.74) is 4.32. The van der Waals surface area contributed by atoms with Crippen LogP contribution in [0.5, 0.6) is 17.2 Å². The van der Waals surface area contributed by atoms with Gasteiger partial charge >= 0.3 is 0 Å². The molecule has 0 fully saturated rings. The van der Waals surface area contributed by atoms with Gasteiger partial charge in [-0.15, -0.1) is 0 Å². The van der Waals surface area contributed by atoms with Gasteiger partial charge in [0.2, 0.25) is 5.78 Å². The third kappa shape index (κ3) is 4.41. The van der Waals surface area contributed by atoms with Crippen LogP contribution >= 0.6 is 0 Å². The van der Waals surface area contributed by atoms with E-state index in [-0.39, 0.29) is 11.5 Å². The van der Waals surface area contributed by atoms with E-state index in [4.69, 9.17) is 4.74 Å². The Bertz CT molecular complexity index is 1020. The van der Waals surface area contributed by atoms with E-state index in [2.05, 4.69) is 0 Å². The number of aliphatic hydroxyl groups is 1. The second-order valence-electron chi connectivity index (χ2n) is 8.14. The van der Waals surface area contributed by atoms with E-state index in [9.17, 15) is 20.1 Å². The van der Waals surface area contributed by atoms with Crippen LogP contribution in [-0.4, -0.2) is 21.1 Å². The minimum atomic E-state index is -1.35. The van der Waals surface area contributed by atoms with Crippen molar-refractivity contribution in [3.63, 3.8) is 0 Å². The van der Waals surface area contributed by atoms with Gasteiger partial charge in [0, 0.05) is 16.7 Å². The van der Waals surface area contributed by atoms with Crippen molar-refractivity contribution < 1.29 is 24.9 Å². The number of ether oxygens (including phenoxy) is 1. The highest BCUT2D eigenvalue weighted by Crippen LogP contribution is 2.44. The summed E-state index contributed by atoms with van der Waals surface area (Å²) in [6, 6.07) is 7.89. The molecule has 0 bridgehead atoms. The van der Waals surface area contributed by atoms with Gasteiger partial charge < -0.3 is 20.1 Å². The zero-order valence-corrected chi connectivity index (χ0v) is 17.8. The van der Waals surface area contributed by atoms with E-state index in [0.29, 0.717) is 40.8 Å². The molecule has 0 aliphatic carbocycles. The summed E-state index contributed by atoms with van der Waals surface area (Å²) in [4.78, 5) is 12.9. The molecule has 30 heavy (non-hydrogen) atoms. The van der Waals surface area contributed by atoms with E-state index < -0.39 is 18.0 Å². The van der Waals surface area contributed by atoms with Gasteiger partial charge in [-0.2, -0.15) is 0 Å². The van der Waals surface area contributed by atoms with Crippen molar-refractivity contribution in [3.8, 4) is 17.2 Å². The number of allylic oxidation sites excluding steroid dienone is 4. The zero-order valence-electron chi connectivity index (χ0n) is 17.8. The third-order valence-corrected chi connectivity index (χ3v) is 5.18. The average Bonchev–Trinajstić information content (AvgIpc) is 2.69. The molecular weight excluding hydrogens is 380 g/mol. The van der Waals surface area contributed by atoms with Crippen LogP contribution in [0, 0.1) is 0 Å². The lowest BCUT2D eigenvalue weighted by molar-refractivity contribution is -0.137. The highest BCUT2D eigenvalue weighted by atomic mass is 16.5. The number of hydrogen-bond acceptors (Lipinski definition) is 5. The van der Waals surface area contributed by atoms with E-state index >= 15 is 0 Å². The minimum absolute atomic E-state index is 0.0569. The number of Topliss-reactive ketones (excluding diaryl/α,β-unsaturated/α-hetero) is 1. The molecule has 0 saturated heterocycles. The molecule has 3 N–H and O–H groups in total. The van der Waals surface area contributed by atoms with Gasteiger partial charge in [0.05, 0.1) is 0 Å². The summed E-state index contributed by atoms with van der Waals surface area (Å²) in [6.07, 6.45) is 2.52. The first kappa shape index (κ1) is 21.7.